The number of amides is 1. The van der Waals surface area contributed by atoms with E-state index in [0.29, 0.717) is 53.0 Å². The molecule has 0 radical (unpaired) electrons. The summed E-state index contributed by atoms with van der Waals surface area (Å²) in [6.45, 7) is 0.877. The number of likely N-dealkylation sites (tertiary alicyclic amines) is 1. The smallest absolute Gasteiger partial charge is 0.257 e. The molecule has 0 aliphatic carbocycles. The van der Waals surface area contributed by atoms with Crippen molar-refractivity contribution in [2.75, 3.05) is 34.4 Å². The summed E-state index contributed by atoms with van der Waals surface area (Å²) in [4.78, 5) is 14.7. The number of hydrogen-bond donors (Lipinski definition) is 1. The van der Waals surface area contributed by atoms with E-state index in [0.717, 1.165) is 0 Å². The van der Waals surface area contributed by atoms with Gasteiger partial charge in [-0.1, -0.05) is 6.07 Å². The summed E-state index contributed by atoms with van der Waals surface area (Å²) in [7, 11) is 0.989. The minimum absolute atomic E-state index is 0.192. The molecule has 1 amide bonds. The van der Waals surface area contributed by atoms with Gasteiger partial charge in [-0.15, -0.1) is 11.3 Å². The standard InChI is InChI=1S/C19H24N2O6S2/c1-25-15-12-17(27-3)16(26-2)11-14(15)19(22)21-8-6-13(7-9-21)20-29(23,24)18-5-4-10-28-18/h4-5,10-13,20H,6-9H2,1-3H3. The van der Waals surface area contributed by atoms with E-state index in [1.807, 2.05) is 0 Å². The zero-order valence-electron chi connectivity index (χ0n) is 16.5. The summed E-state index contributed by atoms with van der Waals surface area (Å²) in [6, 6.07) is 6.30. The number of sulfonamides is 1. The van der Waals surface area contributed by atoms with Gasteiger partial charge in [0.15, 0.2) is 11.5 Å². The number of piperidine rings is 1. The summed E-state index contributed by atoms with van der Waals surface area (Å²) >= 11 is 1.18. The van der Waals surface area contributed by atoms with Crippen LogP contribution in [0.2, 0.25) is 0 Å². The van der Waals surface area contributed by atoms with Gasteiger partial charge >= 0.3 is 0 Å². The van der Waals surface area contributed by atoms with Crippen LogP contribution in [0.4, 0.5) is 0 Å². The number of carbonyl (C=O) groups excluding carboxylic acids is 1. The third-order valence-electron chi connectivity index (χ3n) is 4.80. The zero-order valence-corrected chi connectivity index (χ0v) is 18.1. The van der Waals surface area contributed by atoms with Crippen LogP contribution < -0.4 is 18.9 Å². The summed E-state index contributed by atoms with van der Waals surface area (Å²) in [5.74, 6) is 1.12. The molecule has 0 spiro atoms. The fourth-order valence-electron chi connectivity index (χ4n) is 3.26. The number of methoxy groups -OCH3 is 3. The molecule has 1 N–H and O–H groups in total. The number of carbonyl (C=O) groups is 1. The van der Waals surface area contributed by atoms with E-state index in [2.05, 4.69) is 4.72 Å². The van der Waals surface area contributed by atoms with E-state index >= 15 is 0 Å². The maximum absolute atomic E-state index is 13.0. The molecule has 1 aromatic carbocycles. The molecule has 1 aromatic heterocycles. The van der Waals surface area contributed by atoms with Gasteiger partial charge in [-0.3, -0.25) is 4.79 Å². The quantitative estimate of drug-likeness (QED) is 0.710. The van der Waals surface area contributed by atoms with Crippen molar-refractivity contribution in [1.29, 1.82) is 0 Å². The maximum atomic E-state index is 13.0. The predicted molar refractivity (Wildman–Crippen MR) is 110 cm³/mol. The van der Waals surface area contributed by atoms with Crippen LogP contribution in [0.15, 0.2) is 33.9 Å². The summed E-state index contributed by atoms with van der Waals surface area (Å²) in [5.41, 5.74) is 0.378. The van der Waals surface area contributed by atoms with Gasteiger partial charge in [-0.25, -0.2) is 13.1 Å². The number of hydrogen-bond acceptors (Lipinski definition) is 7. The Kier molecular flexibility index (Phi) is 6.66. The molecule has 8 nitrogen and oxygen atoms in total. The van der Waals surface area contributed by atoms with Gasteiger partial charge < -0.3 is 19.1 Å². The molecule has 10 heteroatoms. The lowest BCUT2D eigenvalue weighted by molar-refractivity contribution is 0.0707. The van der Waals surface area contributed by atoms with Crippen molar-refractivity contribution in [2.24, 2.45) is 0 Å². The van der Waals surface area contributed by atoms with Crippen LogP contribution in [0, 0.1) is 0 Å². The molecule has 2 heterocycles. The Balaban J connectivity index is 1.69. The second kappa shape index (κ2) is 9.02. The molecule has 0 unspecified atom stereocenters. The van der Waals surface area contributed by atoms with Crippen LogP contribution >= 0.6 is 11.3 Å². The van der Waals surface area contributed by atoms with Gasteiger partial charge in [0.25, 0.3) is 5.91 Å². The minimum Gasteiger partial charge on any atom is -0.496 e. The van der Waals surface area contributed by atoms with E-state index in [4.69, 9.17) is 14.2 Å². The van der Waals surface area contributed by atoms with Gasteiger partial charge in [-0.2, -0.15) is 0 Å². The highest BCUT2D eigenvalue weighted by Gasteiger charge is 2.29. The fourth-order valence-corrected chi connectivity index (χ4v) is 5.58. The van der Waals surface area contributed by atoms with E-state index < -0.39 is 10.0 Å². The van der Waals surface area contributed by atoms with Crippen LogP contribution in [0.1, 0.15) is 23.2 Å². The molecule has 0 atom stereocenters. The Hall–Kier alpha value is -2.30. The Morgan fingerprint density at radius 3 is 2.24 bits per heavy atom. The van der Waals surface area contributed by atoms with Crippen LogP contribution in [0.5, 0.6) is 17.2 Å². The zero-order chi connectivity index (χ0) is 21.0. The van der Waals surface area contributed by atoms with Gasteiger partial charge in [0.05, 0.1) is 26.9 Å². The monoisotopic (exact) mass is 440 g/mol. The fraction of sp³-hybridized carbons (Fsp3) is 0.421. The van der Waals surface area contributed by atoms with E-state index in [-0.39, 0.29) is 11.9 Å². The molecule has 3 rings (SSSR count). The largest absolute Gasteiger partial charge is 0.496 e. The average molecular weight is 441 g/mol. The first kappa shape index (κ1) is 21.4. The molecular formula is C19H24N2O6S2. The first-order valence-electron chi connectivity index (χ1n) is 9.04. The summed E-state index contributed by atoms with van der Waals surface area (Å²) in [6.07, 6.45) is 1.07. The highest BCUT2D eigenvalue weighted by atomic mass is 32.2. The Bertz CT molecular complexity index is 951. The molecule has 1 aliphatic heterocycles. The molecule has 1 saturated heterocycles. The Morgan fingerprint density at radius 2 is 1.69 bits per heavy atom. The number of nitrogens with zero attached hydrogens (tertiary/aromatic N) is 1. The third-order valence-corrected chi connectivity index (χ3v) is 7.72. The highest BCUT2D eigenvalue weighted by Crippen LogP contribution is 2.35. The van der Waals surface area contributed by atoms with Crippen molar-refractivity contribution < 1.29 is 27.4 Å². The Labute approximate surface area is 174 Å². The van der Waals surface area contributed by atoms with Crippen molar-refractivity contribution >= 4 is 27.3 Å². The topological polar surface area (TPSA) is 94.2 Å². The minimum atomic E-state index is -3.52. The second-order valence-corrected chi connectivity index (χ2v) is 9.42. The molecular weight excluding hydrogens is 416 g/mol. The number of thiophene rings is 1. The number of nitrogens with one attached hydrogen (secondary N) is 1. The maximum Gasteiger partial charge on any atom is 0.257 e. The average Bonchev–Trinajstić information content (AvgIpc) is 3.28. The molecule has 29 heavy (non-hydrogen) atoms. The lowest BCUT2D eigenvalue weighted by Gasteiger charge is -2.32. The first-order valence-corrected chi connectivity index (χ1v) is 11.4. The Morgan fingerprint density at radius 1 is 1.07 bits per heavy atom. The van der Waals surface area contributed by atoms with Gasteiger partial charge in [0.2, 0.25) is 10.0 Å². The molecule has 0 bridgehead atoms. The first-order chi connectivity index (χ1) is 13.9. The predicted octanol–water partition coefficient (Wildman–Crippen LogP) is 2.36. The highest BCUT2D eigenvalue weighted by molar-refractivity contribution is 7.91. The number of ether oxygens (including phenoxy) is 3. The van der Waals surface area contributed by atoms with E-state index in [9.17, 15) is 13.2 Å². The molecule has 158 valence electrons. The second-order valence-electron chi connectivity index (χ2n) is 6.53. The van der Waals surface area contributed by atoms with Crippen LogP contribution in [-0.4, -0.2) is 59.7 Å². The van der Waals surface area contributed by atoms with Gasteiger partial charge in [-0.05, 0) is 24.3 Å². The van der Waals surface area contributed by atoms with Crippen LogP contribution in [0.3, 0.4) is 0 Å². The van der Waals surface area contributed by atoms with Gasteiger partial charge in [0, 0.05) is 31.3 Å². The van der Waals surface area contributed by atoms with Crippen molar-refractivity contribution in [3.05, 3.63) is 35.2 Å². The SMILES string of the molecule is COc1cc(OC)c(C(=O)N2CCC(NS(=O)(=O)c3cccs3)CC2)cc1OC. The molecule has 0 saturated carbocycles. The van der Waals surface area contributed by atoms with Crippen molar-refractivity contribution in [1.82, 2.24) is 9.62 Å². The van der Waals surface area contributed by atoms with Crippen molar-refractivity contribution in [2.45, 2.75) is 23.1 Å². The van der Waals surface area contributed by atoms with Crippen LogP contribution in [0.25, 0.3) is 0 Å². The van der Waals surface area contributed by atoms with E-state index in [1.165, 1.54) is 32.7 Å². The van der Waals surface area contributed by atoms with Crippen molar-refractivity contribution in [3.8, 4) is 17.2 Å². The lowest BCUT2D eigenvalue weighted by atomic mass is 10.0. The normalized spacial score (nSPS) is 15.2. The number of benzene rings is 1. The lowest BCUT2D eigenvalue weighted by Crippen LogP contribution is -2.46. The third kappa shape index (κ3) is 4.65. The molecule has 2 aromatic rings. The molecule has 1 aliphatic rings. The summed E-state index contributed by atoms with van der Waals surface area (Å²) in [5, 5.41) is 1.73. The van der Waals surface area contributed by atoms with E-state index in [1.54, 1.807) is 34.5 Å². The summed E-state index contributed by atoms with van der Waals surface area (Å²) < 4.78 is 43.7. The van der Waals surface area contributed by atoms with Crippen molar-refractivity contribution in [3.63, 3.8) is 0 Å². The van der Waals surface area contributed by atoms with Crippen LogP contribution in [-0.2, 0) is 10.0 Å². The number of rotatable bonds is 7. The molecule has 1 fully saturated rings. The van der Waals surface area contributed by atoms with Gasteiger partial charge in [0.1, 0.15) is 9.96 Å².